The molecule has 5 nitrogen and oxygen atoms in total. The lowest BCUT2D eigenvalue weighted by Gasteiger charge is -2.07. The van der Waals surface area contributed by atoms with Crippen LogP contribution in [0.5, 0.6) is 5.75 Å². The lowest BCUT2D eigenvalue weighted by Crippen LogP contribution is -2.08. The van der Waals surface area contributed by atoms with Gasteiger partial charge < -0.3 is 9.47 Å². The maximum absolute atomic E-state index is 12.1. The van der Waals surface area contributed by atoms with E-state index in [1.165, 1.54) is 0 Å². The molecule has 5 heteroatoms. The van der Waals surface area contributed by atoms with E-state index in [0.29, 0.717) is 18.6 Å². The number of esters is 1. The van der Waals surface area contributed by atoms with Gasteiger partial charge in [0.15, 0.2) is 0 Å². The van der Waals surface area contributed by atoms with Crippen molar-refractivity contribution in [1.29, 1.82) is 0 Å². The molecule has 1 aromatic heterocycles. The third-order valence-corrected chi connectivity index (χ3v) is 3.65. The van der Waals surface area contributed by atoms with Crippen molar-refractivity contribution in [2.45, 2.75) is 6.42 Å². The summed E-state index contributed by atoms with van der Waals surface area (Å²) >= 11 is 0. The molecule has 122 valence electrons. The Morgan fingerprint density at radius 1 is 1.08 bits per heavy atom. The molecular weight excluding hydrogens is 304 g/mol. The molecule has 3 rings (SSSR count). The lowest BCUT2D eigenvalue weighted by molar-refractivity contribution is 0.0509. The molecule has 0 unspecified atom stereocenters. The van der Waals surface area contributed by atoms with E-state index in [1.807, 2.05) is 48.7 Å². The number of aromatic nitrogens is 2. The first-order valence-corrected chi connectivity index (χ1v) is 7.66. The van der Waals surface area contributed by atoms with Crippen LogP contribution >= 0.6 is 0 Å². The highest BCUT2D eigenvalue weighted by atomic mass is 16.5. The molecule has 0 N–H and O–H groups in total. The summed E-state index contributed by atoms with van der Waals surface area (Å²) in [6.07, 6.45) is 4.23. The Balaban J connectivity index is 1.53. The quantitative estimate of drug-likeness (QED) is 0.654. The van der Waals surface area contributed by atoms with Crippen molar-refractivity contribution in [2.24, 2.45) is 0 Å². The van der Waals surface area contributed by atoms with Crippen molar-refractivity contribution >= 4 is 5.97 Å². The van der Waals surface area contributed by atoms with Gasteiger partial charge in [0.2, 0.25) is 0 Å². The van der Waals surface area contributed by atoms with Crippen LogP contribution in [0.1, 0.15) is 15.9 Å². The van der Waals surface area contributed by atoms with E-state index in [0.717, 1.165) is 17.0 Å². The van der Waals surface area contributed by atoms with E-state index >= 15 is 0 Å². The van der Waals surface area contributed by atoms with Gasteiger partial charge in [0.25, 0.3) is 0 Å². The van der Waals surface area contributed by atoms with E-state index in [1.54, 1.807) is 30.1 Å². The first-order valence-electron chi connectivity index (χ1n) is 7.66. The number of benzene rings is 2. The fourth-order valence-corrected chi connectivity index (χ4v) is 2.31. The summed E-state index contributed by atoms with van der Waals surface area (Å²) in [6.45, 7) is 0.339. The Hall–Kier alpha value is -3.08. The molecule has 1 heterocycles. The minimum atomic E-state index is -0.324. The van der Waals surface area contributed by atoms with Gasteiger partial charge in [-0.2, -0.15) is 5.10 Å². The third kappa shape index (κ3) is 3.81. The van der Waals surface area contributed by atoms with Gasteiger partial charge in [-0.1, -0.05) is 12.1 Å². The van der Waals surface area contributed by atoms with Crippen LogP contribution in [0.3, 0.4) is 0 Å². The highest BCUT2D eigenvalue weighted by Gasteiger charge is 2.07. The summed E-state index contributed by atoms with van der Waals surface area (Å²) in [4.78, 5) is 12.1. The van der Waals surface area contributed by atoms with Gasteiger partial charge in [0, 0.05) is 18.8 Å². The van der Waals surface area contributed by atoms with Gasteiger partial charge in [0.05, 0.1) is 25.0 Å². The van der Waals surface area contributed by atoms with E-state index in [4.69, 9.17) is 9.47 Å². The summed E-state index contributed by atoms with van der Waals surface area (Å²) in [5.41, 5.74) is 2.52. The SMILES string of the molecule is COc1ccc(CCOC(=O)c2ccc(-n3cccn3)cc2)cc1. The molecule has 0 aliphatic carbocycles. The van der Waals surface area contributed by atoms with Crippen molar-refractivity contribution in [3.05, 3.63) is 78.1 Å². The lowest BCUT2D eigenvalue weighted by atomic mass is 10.1. The molecule has 0 bridgehead atoms. The van der Waals surface area contributed by atoms with Crippen LogP contribution in [0.2, 0.25) is 0 Å². The monoisotopic (exact) mass is 322 g/mol. The predicted molar refractivity (Wildman–Crippen MR) is 90.5 cm³/mol. The van der Waals surface area contributed by atoms with Crippen molar-refractivity contribution in [3.63, 3.8) is 0 Å². The van der Waals surface area contributed by atoms with Crippen molar-refractivity contribution < 1.29 is 14.3 Å². The standard InChI is InChI=1S/C19H18N2O3/c1-23-18-9-3-15(4-10-18)11-14-24-19(22)16-5-7-17(8-6-16)21-13-2-12-20-21/h2-10,12-13H,11,14H2,1H3. The highest BCUT2D eigenvalue weighted by Crippen LogP contribution is 2.13. The summed E-state index contributed by atoms with van der Waals surface area (Å²) in [7, 11) is 1.63. The van der Waals surface area contributed by atoms with Crippen LogP contribution in [-0.2, 0) is 11.2 Å². The van der Waals surface area contributed by atoms with E-state index in [2.05, 4.69) is 5.10 Å². The summed E-state index contributed by atoms with van der Waals surface area (Å²) in [5.74, 6) is 0.489. The zero-order chi connectivity index (χ0) is 16.8. The highest BCUT2D eigenvalue weighted by molar-refractivity contribution is 5.89. The van der Waals surface area contributed by atoms with Gasteiger partial charge in [0.1, 0.15) is 5.75 Å². The molecule has 0 atom stereocenters. The second-order valence-electron chi connectivity index (χ2n) is 5.23. The summed E-state index contributed by atoms with van der Waals surface area (Å²) in [6, 6.07) is 16.7. The number of hydrogen-bond acceptors (Lipinski definition) is 4. The Bertz CT molecular complexity index is 778. The van der Waals surface area contributed by atoms with Gasteiger partial charge in [-0.15, -0.1) is 0 Å². The van der Waals surface area contributed by atoms with Crippen molar-refractivity contribution in [2.75, 3.05) is 13.7 Å². The molecule has 0 fully saturated rings. The number of nitrogens with zero attached hydrogens (tertiary/aromatic N) is 2. The van der Waals surface area contributed by atoms with Crippen LogP contribution in [-0.4, -0.2) is 29.5 Å². The summed E-state index contributed by atoms with van der Waals surface area (Å²) in [5, 5.41) is 4.15. The molecule has 0 radical (unpaired) electrons. The molecule has 0 spiro atoms. The van der Waals surface area contributed by atoms with Crippen LogP contribution in [0, 0.1) is 0 Å². The van der Waals surface area contributed by atoms with Gasteiger partial charge in [-0.3, -0.25) is 0 Å². The Kier molecular flexibility index (Phi) is 4.91. The number of carbonyl (C=O) groups is 1. The van der Waals surface area contributed by atoms with E-state index in [-0.39, 0.29) is 5.97 Å². The Morgan fingerprint density at radius 3 is 2.46 bits per heavy atom. The van der Waals surface area contributed by atoms with E-state index < -0.39 is 0 Å². The number of hydrogen-bond donors (Lipinski definition) is 0. The van der Waals surface area contributed by atoms with Crippen LogP contribution in [0.4, 0.5) is 0 Å². The van der Waals surface area contributed by atoms with Gasteiger partial charge in [-0.25, -0.2) is 9.48 Å². The molecule has 2 aromatic carbocycles. The van der Waals surface area contributed by atoms with Crippen LogP contribution in [0.15, 0.2) is 67.0 Å². The van der Waals surface area contributed by atoms with Gasteiger partial charge >= 0.3 is 5.97 Å². The van der Waals surface area contributed by atoms with Crippen molar-refractivity contribution in [3.8, 4) is 11.4 Å². The molecule has 3 aromatic rings. The van der Waals surface area contributed by atoms with E-state index in [9.17, 15) is 4.79 Å². The molecule has 0 saturated carbocycles. The smallest absolute Gasteiger partial charge is 0.338 e. The maximum atomic E-state index is 12.1. The molecule has 0 aliphatic rings. The Morgan fingerprint density at radius 2 is 1.83 bits per heavy atom. The first-order chi connectivity index (χ1) is 11.8. The second-order valence-corrected chi connectivity index (χ2v) is 5.23. The fraction of sp³-hybridized carbons (Fsp3) is 0.158. The minimum absolute atomic E-state index is 0.324. The van der Waals surface area contributed by atoms with Crippen LogP contribution < -0.4 is 4.74 Å². The number of rotatable bonds is 6. The molecule has 24 heavy (non-hydrogen) atoms. The number of carbonyl (C=O) groups excluding carboxylic acids is 1. The molecule has 0 aliphatic heterocycles. The normalized spacial score (nSPS) is 10.4. The zero-order valence-corrected chi connectivity index (χ0v) is 13.4. The van der Waals surface area contributed by atoms with Gasteiger partial charge in [-0.05, 0) is 48.0 Å². The Labute approximate surface area is 140 Å². The first kappa shape index (κ1) is 15.8. The minimum Gasteiger partial charge on any atom is -0.497 e. The predicted octanol–water partition coefficient (Wildman–Crippen LogP) is 3.28. The summed E-state index contributed by atoms with van der Waals surface area (Å²) < 4.78 is 12.2. The second kappa shape index (κ2) is 7.46. The largest absolute Gasteiger partial charge is 0.497 e. The molecule has 0 saturated heterocycles. The van der Waals surface area contributed by atoms with Crippen LogP contribution in [0.25, 0.3) is 5.69 Å². The number of methoxy groups -OCH3 is 1. The molecule has 0 amide bonds. The zero-order valence-electron chi connectivity index (χ0n) is 13.4. The average molecular weight is 322 g/mol. The topological polar surface area (TPSA) is 53.4 Å². The average Bonchev–Trinajstić information content (AvgIpc) is 3.17. The molecular formula is C19H18N2O3. The third-order valence-electron chi connectivity index (χ3n) is 3.65. The fourth-order valence-electron chi connectivity index (χ4n) is 2.31. The maximum Gasteiger partial charge on any atom is 0.338 e. The number of ether oxygens (including phenoxy) is 2. The van der Waals surface area contributed by atoms with Crippen molar-refractivity contribution in [1.82, 2.24) is 9.78 Å².